The summed E-state index contributed by atoms with van der Waals surface area (Å²) in [6.07, 6.45) is 4.25. The molecule has 3 heteroatoms. The van der Waals surface area contributed by atoms with Gasteiger partial charge in [-0.1, -0.05) is 49.8 Å². The van der Waals surface area contributed by atoms with Crippen molar-refractivity contribution in [1.29, 1.82) is 0 Å². The van der Waals surface area contributed by atoms with Crippen molar-refractivity contribution in [3.63, 3.8) is 0 Å². The average Bonchev–Trinajstić information content (AvgIpc) is 2.49. The number of benzene rings is 2. The van der Waals surface area contributed by atoms with E-state index in [2.05, 4.69) is 25.1 Å². The maximum atomic E-state index is 10.7. The monoisotopic (exact) mass is 267 g/mol. The Morgan fingerprint density at radius 3 is 2.20 bits per heavy atom. The molecule has 2 rings (SSSR count). The zero-order valence-corrected chi connectivity index (χ0v) is 11.5. The van der Waals surface area contributed by atoms with Gasteiger partial charge in [0.2, 0.25) is 0 Å². The molecule has 2 aromatic rings. The van der Waals surface area contributed by atoms with Crippen LogP contribution in [0.5, 0.6) is 0 Å². The van der Waals surface area contributed by atoms with Gasteiger partial charge in [0.05, 0.1) is 4.92 Å². The van der Waals surface area contributed by atoms with E-state index in [1.807, 2.05) is 30.3 Å². The quantitative estimate of drug-likeness (QED) is 0.575. The van der Waals surface area contributed by atoms with Crippen LogP contribution in [0.1, 0.15) is 30.9 Å². The van der Waals surface area contributed by atoms with Gasteiger partial charge in [0.25, 0.3) is 5.69 Å². The molecule has 0 aliphatic rings. The van der Waals surface area contributed by atoms with Crippen molar-refractivity contribution >= 4 is 11.3 Å². The van der Waals surface area contributed by atoms with Crippen LogP contribution in [0.25, 0.3) is 5.57 Å². The van der Waals surface area contributed by atoms with E-state index in [0.717, 1.165) is 29.5 Å². The first kappa shape index (κ1) is 14.0. The van der Waals surface area contributed by atoms with Crippen LogP contribution in [0.2, 0.25) is 0 Å². The fourth-order valence-electron chi connectivity index (χ4n) is 2.07. The summed E-state index contributed by atoms with van der Waals surface area (Å²) in [5, 5.41) is 10.7. The van der Waals surface area contributed by atoms with Crippen molar-refractivity contribution in [3.05, 3.63) is 81.9 Å². The first-order valence-corrected chi connectivity index (χ1v) is 6.72. The van der Waals surface area contributed by atoms with Crippen LogP contribution in [0, 0.1) is 10.1 Å². The maximum absolute atomic E-state index is 10.7. The second-order valence-corrected chi connectivity index (χ2v) is 4.58. The third-order valence-electron chi connectivity index (χ3n) is 3.11. The molecule has 0 spiro atoms. The van der Waals surface area contributed by atoms with Crippen LogP contribution >= 0.6 is 0 Å². The van der Waals surface area contributed by atoms with Crippen molar-refractivity contribution in [2.45, 2.75) is 19.8 Å². The Kier molecular flexibility index (Phi) is 4.66. The van der Waals surface area contributed by atoms with Gasteiger partial charge in [0.1, 0.15) is 0 Å². The molecule has 0 saturated carbocycles. The van der Waals surface area contributed by atoms with Gasteiger partial charge in [0.15, 0.2) is 0 Å². The molecule has 0 bridgehead atoms. The Labute approximate surface area is 118 Å². The molecule has 0 aromatic heterocycles. The normalized spacial score (nSPS) is 11.3. The molecular weight excluding hydrogens is 250 g/mol. The summed E-state index contributed by atoms with van der Waals surface area (Å²) in [7, 11) is 0. The van der Waals surface area contributed by atoms with Crippen LogP contribution in [0.3, 0.4) is 0 Å². The Hall–Kier alpha value is -2.42. The minimum atomic E-state index is -0.373. The van der Waals surface area contributed by atoms with Gasteiger partial charge in [-0.05, 0) is 35.3 Å². The lowest BCUT2D eigenvalue weighted by Gasteiger charge is -2.08. The van der Waals surface area contributed by atoms with Gasteiger partial charge in [-0.3, -0.25) is 10.1 Å². The number of allylic oxidation sites excluding steroid dienone is 1. The summed E-state index contributed by atoms with van der Waals surface area (Å²) in [5.74, 6) is 0. The molecule has 102 valence electrons. The van der Waals surface area contributed by atoms with Crippen LogP contribution in [-0.4, -0.2) is 4.92 Å². The second kappa shape index (κ2) is 6.66. The lowest BCUT2D eigenvalue weighted by molar-refractivity contribution is -0.384. The third-order valence-corrected chi connectivity index (χ3v) is 3.11. The summed E-state index contributed by atoms with van der Waals surface area (Å²) in [4.78, 5) is 10.3. The fraction of sp³-hybridized carbons (Fsp3) is 0.176. The summed E-state index contributed by atoms with van der Waals surface area (Å²) in [5.41, 5.74) is 3.39. The van der Waals surface area contributed by atoms with Crippen molar-refractivity contribution in [1.82, 2.24) is 0 Å². The average molecular weight is 267 g/mol. The number of nitro groups is 1. The highest BCUT2D eigenvalue weighted by Crippen LogP contribution is 2.25. The molecule has 0 heterocycles. The number of hydrogen-bond acceptors (Lipinski definition) is 2. The topological polar surface area (TPSA) is 43.1 Å². The molecule has 0 aliphatic carbocycles. The van der Waals surface area contributed by atoms with E-state index in [-0.39, 0.29) is 10.6 Å². The number of unbranched alkanes of at least 4 members (excludes halogenated alkanes) is 1. The third kappa shape index (κ3) is 3.32. The first-order chi connectivity index (χ1) is 9.72. The number of hydrogen-bond donors (Lipinski definition) is 0. The highest BCUT2D eigenvalue weighted by Gasteiger charge is 2.08. The van der Waals surface area contributed by atoms with Gasteiger partial charge < -0.3 is 0 Å². The number of nitrogens with zero attached hydrogens (tertiary/aromatic N) is 1. The molecule has 20 heavy (non-hydrogen) atoms. The lowest BCUT2D eigenvalue weighted by Crippen LogP contribution is -1.91. The molecule has 3 nitrogen and oxygen atoms in total. The van der Waals surface area contributed by atoms with E-state index in [1.165, 1.54) is 0 Å². The number of non-ortho nitro benzene ring substituents is 1. The molecule has 0 N–H and O–H groups in total. The van der Waals surface area contributed by atoms with E-state index in [9.17, 15) is 10.1 Å². The SMILES string of the molecule is CCCC=C(c1ccccc1)c1ccc([N+](=O)[O-])cc1. The van der Waals surface area contributed by atoms with Crippen LogP contribution in [-0.2, 0) is 0 Å². The predicted octanol–water partition coefficient (Wildman–Crippen LogP) is 4.83. The summed E-state index contributed by atoms with van der Waals surface area (Å²) >= 11 is 0. The lowest BCUT2D eigenvalue weighted by atomic mass is 9.96. The number of nitro benzene ring substituents is 1. The molecule has 0 aliphatic heterocycles. The first-order valence-electron chi connectivity index (χ1n) is 6.72. The second-order valence-electron chi connectivity index (χ2n) is 4.58. The Morgan fingerprint density at radius 1 is 1.05 bits per heavy atom. The largest absolute Gasteiger partial charge is 0.269 e. The number of rotatable bonds is 5. The standard InChI is InChI=1S/C17H17NO2/c1-2-3-9-17(14-7-5-4-6-8-14)15-10-12-16(13-11-15)18(19)20/h4-13H,2-3H2,1H3. The molecule has 0 unspecified atom stereocenters. The van der Waals surface area contributed by atoms with Gasteiger partial charge in [-0.2, -0.15) is 0 Å². The minimum absolute atomic E-state index is 0.122. The predicted molar refractivity (Wildman–Crippen MR) is 81.5 cm³/mol. The summed E-state index contributed by atoms with van der Waals surface area (Å²) < 4.78 is 0. The van der Waals surface area contributed by atoms with Crippen molar-refractivity contribution in [2.75, 3.05) is 0 Å². The molecule has 0 fully saturated rings. The van der Waals surface area contributed by atoms with Crippen molar-refractivity contribution < 1.29 is 4.92 Å². The minimum Gasteiger partial charge on any atom is -0.258 e. The highest BCUT2D eigenvalue weighted by atomic mass is 16.6. The smallest absolute Gasteiger partial charge is 0.258 e. The Morgan fingerprint density at radius 2 is 1.65 bits per heavy atom. The van der Waals surface area contributed by atoms with Gasteiger partial charge in [-0.15, -0.1) is 0 Å². The van der Waals surface area contributed by atoms with Crippen LogP contribution in [0.15, 0.2) is 60.7 Å². The van der Waals surface area contributed by atoms with Gasteiger partial charge in [-0.25, -0.2) is 0 Å². The van der Waals surface area contributed by atoms with E-state index >= 15 is 0 Å². The van der Waals surface area contributed by atoms with Gasteiger partial charge in [0, 0.05) is 12.1 Å². The van der Waals surface area contributed by atoms with Crippen LogP contribution < -0.4 is 0 Å². The molecule has 0 atom stereocenters. The van der Waals surface area contributed by atoms with E-state index in [0.29, 0.717) is 0 Å². The Balaban J connectivity index is 2.39. The van der Waals surface area contributed by atoms with Crippen molar-refractivity contribution in [3.8, 4) is 0 Å². The zero-order chi connectivity index (χ0) is 14.4. The van der Waals surface area contributed by atoms with Crippen molar-refractivity contribution in [2.24, 2.45) is 0 Å². The van der Waals surface area contributed by atoms with Gasteiger partial charge >= 0.3 is 0 Å². The Bertz CT molecular complexity index is 601. The zero-order valence-electron chi connectivity index (χ0n) is 11.5. The summed E-state index contributed by atoms with van der Waals surface area (Å²) in [6, 6.07) is 16.8. The fourth-order valence-corrected chi connectivity index (χ4v) is 2.07. The van der Waals surface area contributed by atoms with E-state index in [4.69, 9.17) is 0 Å². The molecule has 2 aromatic carbocycles. The molecular formula is C17H17NO2. The summed E-state index contributed by atoms with van der Waals surface area (Å²) in [6.45, 7) is 2.13. The maximum Gasteiger partial charge on any atom is 0.269 e. The van der Waals surface area contributed by atoms with Crippen LogP contribution in [0.4, 0.5) is 5.69 Å². The van der Waals surface area contributed by atoms with E-state index in [1.54, 1.807) is 12.1 Å². The molecule has 0 radical (unpaired) electrons. The van der Waals surface area contributed by atoms with E-state index < -0.39 is 0 Å². The highest BCUT2D eigenvalue weighted by molar-refractivity contribution is 5.80. The molecule has 0 amide bonds. The molecule has 0 saturated heterocycles.